The van der Waals surface area contributed by atoms with Crippen LogP contribution in [0.15, 0.2) is 48.5 Å². The molecule has 7 nitrogen and oxygen atoms in total. The SMILES string of the molecule is CC[C@@H](C(=O)Nc1nnc(-c2ccccc2)s1)N(c1ccc(Cl)c(Cl)c1)S(C)(=O)=O. The molecule has 0 bridgehead atoms. The first-order valence-corrected chi connectivity index (χ1v) is 12.3. The lowest BCUT2D eigenvalue weighted by atomic mass is 10.2. The molecule has 1 amide bonds. The maximum atomic E-state index is 13.0. The zero-order chi connectivity index (χ0) is 21.9. The van der Waals surface area contributed by atoms with Crippen molar-refractivity contribution in [1.82, 2.24) is 10.2 Å². The molecule has 0 spiro atoms. The van der Waals surface area contributed by atoms with Gasteiger partial charge in [0.15, 0.2) is 0 Å². The lowest BCUT2D eigenvalue weighted by Crippen LogP contribution is -2.47. The van der Waals surface area contributed by atoms with Crippen LogP contribution in [0.25, 0.3) is 10.6 Å². The number of aromatic nitrogens is 2. The average Bonchev–Trinajstić information content (AvgIpc) is 3.16. The highest BCUT2D eigenvalue weighted by Gasteiger charge is 2.32. The van der Waals surface area contributed by atoms with Gasteiger partial charge in [0.25, 0.3) is 0 Å². The molecule has 0 radical (unpaired) electrons. The Balaban J connectivity index is 1.88. The molecule has 0 aliphatic rings. The highest BCUT2D eigenvalue weighted by Crippen LogP contribution is 2.31. The predicted molar refractivity (Wildman–Crippen MR) is 122 cm³/mol. The number of hydrogen-bond donors (Lipinski definition) is 1. The Kier molecular flexibility index (Phi) is 6.97. The third kappa shape index (κ3) is 5.10. The highest BCUT2D eigenvalue weighted by molar-refractivity contribution is 7.92. The van der Waals surface area contributed by atoms with Gasteiger partial charge in [0.05, 0.1) is 22.0 Å². The molecule has 3 rings (SSSR count). The van der Waals surface area contributed by atoms with Crippen molar-refractivity contribution in [1.29, 1.82) is 0 Å². The topological polar surface area (TPSA) is 92.3 Å². The molecule has 11 heteroatoms. The second-order valence-electron chi connectivity index (χ2n) is 6.35. The molecule has 3 aromatic rings. The Hall–Kier alpha value is -2.20. The summed E-state index contributed by atoms with van der Waals surface area (Å²) in [7, 11) is -3.80. The van der Waals surface area contributed by atoms with Gasteiger partial charge in [-0.05, 0) is 24.6 Å². The Morgan fingerprint density at radius 2 is 1.83 bits per heavy atom. The van der Waals surface area contributed by atoms with E-state index >= 15 is 0 Å². The molecular formula is C19H18Cl2N4O3S2. The van der Waals surface area contributed by atoms with Crippen molar-refractivity contribution in [3.8, 4) is 10.6 Å². The van der Waals surface area contributed by atoms with E-state index in [1.807, 2.05) is 30.3 Å². The lowest BCUT2D eigenvalue weighted by molar-refractivity contribution is -0.117. The number of rotatable bonds is 7. The molecule has 1 atom stereocenters. The van der Waals surface area contributed by atoms with Crippen molar-refractivity contribution in [2.24, 2.45) is 0 Å². The van der Waals surface area contributed by atoms with E-state index in [4.69, 9.17) is 23.2 Å². The van der Waals surface area contributed by atoms with Gasteiger partial charge >= 0.3 is 0 Å². The van der Waals surface area contributed by atoms with Crippen LogP contribution in [-0.4, -0.2) is 36.8 Å². The number of benzene rings is 2. The summed E-state index contributed by atoms with van der Waals surface area (Å²) in [6.07, 6.45) is 1.26. The Morgan fingerprint density at radius 1 is 1.13 bits per heavy atom. The summed E-state index contributed by atoms with van der Waals surface area (Å²) in [5.41, 5.74) is 1.12. The van der Waals surface area contributed by atoms with Gasteiger partial charge in [-0.25, -0.2) is 8.42 Å². The molecule has 0 aliphatic carbocycles. The van der Waals surface area contributed by atoms with Crippen LogP contribution in [0, 0.1) is 0 Å². The number of nitrogens with zero attached hydrogens (tertiary/aromatic N) is 3. The lowest BCUT2D eigenvalue weighted by Gasteiger charge is -2.30. The van der Waals surface area contributed by atoms with Crippen molar-refractivity contribution >= 4 is 61.3 Å². The van der Waals surface area contributed by atoms with Gasteiger partial charge in [-0.1, -0.05) is 71.8 Å². The third-order valence-electron chi connectivity index (χ3n) is 4.16. The van der Waals surface area contributed by atoms with Crippen molar-refractivity contribution in [2.75, 3.05) is 15.9 Å². The minimum Gasteiger partial charge on any atom is -0.299 e. The summed E-state index contributed by atoms with van der Waals surface area (Å²) in [5, 5.41) is 12.2. The summed E-state index contributed by atoms with van der Waals surface area (Å²) >= 11 is 13.2. The summed E-state index contributed by atoms with van der Waals surface area (Å²) in [5.74, 6) is -0.523. The number of anilines is 2. The van der Waals surface area contributed by atoms with Crippen molar-refractivity contribution in [3.05, 3.63) is 58.6 Å². The molecule has 0 saturated carbocycles. The van der Waals surface area contributed by atoms with Crippen molar-refractivity contribution < 1.29 is 13.2 Å². The number of hydrogen-bond acceptors (Lipinski definition) is 6. The van der Waals surface area contributed by atoms with E-state index in [0.717, 1.165) is 16.1 Å². The molecule has 158 valence electrons. The van der Waals surface area contributed by atoms with E-state index in [-0.39, 0.29) is 27.3 Å². The van der Waals surface area contributed by atoms with Gasteiger partial charge < -0.3 is 0 Å². The minimum atomic E-state index is -3.80. The summed E-state index contributed by atoms with van der Waals surface area (Å²) < 4.78 is 26.1. The standard InChI is InChI=1S/C19H18Cl2N4O3S2/c1-3-16(25(30(2,27)28)13-9-10-14(20)15(21)11-13)17(26)22-19-24-23-18(29-19)12-7-5-4-6-8-12/h4-11,16H,3H2,1-2H3,(H,22,24,26)/t16-/m0/s1. The fourth-order valence-electron chi connectivity index (χ4n) is 2.84. The molecule has 0 aliphatic heterocycles. The number of halogens is 2. The molecule has 0 fully saturated rings. The second kappa shape index (κ2) is 9.30. The summed E-state index contributed by atoms with van der Waals surface area (Å²) in [4.78, 5) is 13.0. The van der Waals surface area contributed by atoms with Gasteiger partial charge in [0.2, 0.25) is 21.1 Å². The molecule has 1 N–H and O–H groups in total. The highest BCUT2D eigenvalue weighted by atomic mass is 35.5. The zero-order valence-corrected chi connectivity index (χ0v) is 19.2. The zero-order valence-electron chi connectivity index (χ0n) is 16.0. The molecule has 0 saturated heterocycles. The first kappa shape index (κ1) is 22.5. The van der Waals surface area contributed by atoms with Crippen LogP contribution in [0.5, 0.6) is 0 Å². The maximum absolute atomic E-state index is 13.0. The van der Waals surface area contributed by atoms with E-state index in [1.54, 1.807) is 6.92 Å². The first-order valence-electron chi connectivity index (χ1n) is 8.85. The average molecular weight is 485 g/mol. The van der Waals surface area contributed by atoms with E-state index in [1.165, 1.54) is 29.5 Å². The molecule has 0 unspecified atom stereocenters. The van der Waals surface area contributed by atoms with Gasteiger partial charge in [-0.15, -0.1) is 10.2 Å². The largest absolute Gasteiger partial charge is 0.299 e. The number of carbonyl (C=O) groups excluding carboxylic acids is 1. The van der Waals surface area contributed by atoms with E-state index in [2.05, 4.69) is 15.5 Å². The van der Waals surface area contributed by atoms with Crippen LogP contribution in [0.1, 0.15) is 13.3 Å². The first-order chi connectivity index (χ1) is 14.2. The maximum Gasteiger partial charge on any atom is 0.250 e. The normalized spacial score (nSPS) is 12.4. The molecular weight excluding hydrogens is 467 g/mol. The van der Waals surface area contributed by atoms with E-state index < -0.39 is 22.0 Å². The van der Waals surface area contributed by atoms with Gasteiger partial charge in [-0.2, -0.15) is 0 Å². The van der Waals surface area contributed by atoms with E-state index in [0.29, 0.717) is 5.01 Å². The molecule has 2 aromatic carbocycles. The molecule has 1 aromatic heterocycles. The van der Waals surface area contributed by atoms with Crippen LogP contribution >= 0.6 is 34.5 Å². The fraction of sp³-hybridized carbons (Fsp3) is 0.211. The quantitative estimate of drug-likeness (QED) is 0.524. The van der Waals surface area contributed by atoms with Crippen molar-refractivity contribution in [2.45, 2.75) is 19.4 Å². The van der Waals surface area contributed by atoms with E-state index in [9.17, 15) is 13.2 Å². The van der Waals surface area contributed by atoms with Crippen LogP contribution in [0.2, 0.25) is 10.0 Å². The van der Waals surface area contributed by atoms with Crippen LogP contribution in [-0.2, 0) is 14.8 Å². The van der Waals surface area contributed by atoms with Crippen LogP contribution in [0.4, 0.5) is 10.8 Å². The number of sulfonamides is 1. The van der Waals surface area contributed by atoms with Crippen LogP contribution in [0.3, 0.4) is 0 Å². The van der Waals surface area contributed by atoms with Gasteiger partial charge in [-0.3, -0.25) is 14.4 Å². The molecule has 1 heterocycles. The van der Waals surface area contributed by atoms with Crippen molar-refractivity contribution in [3.63, 3.8) is 0 Å². The van der Waals surface area contributed by atoms with Gasteiger partial charge in [0.1, 0.15) is 11.0 Å². The number of carbonyl (C=O) groups is 1. The Bertz CT molecular complexity index is 1150. The van der Waals surface area contributed by atoms with Crippen LogP contribution < -0.4 is 9.62 Å². The summed E-state index contributed by atoms with van der Waals surface area (Å²) in [6, 6.07) is 12.8. The predicted octanol–water partition coefficient (Wildman–Crippen LogP) is 4.70. The monoisotopic (exact) mass is 484 g/mol. The minimum absolute atomic E-state index is 0.190. The fourth-order valence-corrected chi connectivity index (χ4v) is 5.09. The third-order valence-corrected chi connectivity index (χ3v) is 6.97. The number of amides is 1. The smallest absolute Gasteiger partial charge is 0.250 e. The van der Waals surface area contributed by atoms with Gasteiger partial charge in [0, 0.05) is 5.56 Å². The molecule has 30 heavy (non-hydrogen) atoms. The Labute approximate surface area is 188 Å². The number of nitrogens with one attached hydrogen (secondary N) is 1. The Morgan fingerprint density at radius 3 is 2.43 bits per heavy atom. The summed E-state index contributed by atoms with van der Waals surface area (Å²) in [6.45, 7) is 1.72. The second-order valence-corrected chi connectivity index (χ2v) is 10.0.